The third-order valence-electron chi connectivity index (χ3n) is 3.98. The lowest BCUT2D eigenvalue weighted by atomic mass is 10.0. The highest BCUT2D eigenvalue weighted by molar-refractivity contribution is 7.80. The van der Waals surface area contributed by atoms with Crippen LogP contribution in [0.2, 0.25) is 0 Å². The van der Waals surface area contributed by atoms with Crippen LogP contribution in [0.4, 0.5) is 0 Å². The molecule has 4 rings (SSSR count). The number of nitrogens with zero attached hydrogens (tertiary/aromatic N) is 5. The highest BCUT2D eigenvalue weighted by atomic mass is 32.1. The molecular weight excluding hydrogens is 330 g/mol. The van der Waals surface area contributed by atoms with Gasteiger partial charge in [-0.3, -0.25) is 5.43 Å². The topological polar surface area (TPSA) is 112 Å². The van der Waals surface area contributed by atoms with Gasteiger partial charge in [0.15, 0.2) is 17.2 Å². The summed E-state index contributed by atoms with van der Waals surface area (Å²) in [6.45, 7) is 0.454. The molecule has 2 fully saturated rings. The van der Waals surface area contributed by atoms with Gasteiger partial charge in [-0.2, -0.15) is 5.10 Å². The Labute approximate surface area is 142 Å². The Hall–Kier alpha value is -2.43. The minimum absolute atomic E-state index is 0.0894. The van der Waals surface area contributed by atoms with Crippen molar-refractivity contribution in [2.75, 3.05) is 6.61 Å². The van der Waals surface area contributed by atoms with E-state index in [1.165, 1.54) is 0 Å². The van der Waals surface area contributed by atoms with Crippen LogP contribution in [-0.4, -0.2) is 50.0 Å². The van der Waals surface area contributed by atoms with Crippen LogP contribution < -0.4 is 11.2 Å². The fourth-order valence-corrected chi connectivity index (χ4v) is 2.95. The average molecular weight is 345 g/mol. The molecule has 1 aromatic heterocycles. The van der Waals surface area contributed by atoms with Gasteiger partial charge >= 0.3 is 0 Å². The summed E-state index contributed by atoms with van der Waals surface area (Å²) in [5.41, 5.74) is 9.63. The van der Waals surface area contributed by atoms with Gasteiger partial charge < -0.3 is 15.2 Å². The molecule has 0 spiro atoms. The fourth-order valence-electron chi connectivity index (χ4n) is 2.90. The van der Waals surface area contributed by atoms with E-state index >= 15 is 0 Å². The van der Waals surface area contributed by atoms with Gasteiger partial charge in [0.25, 0.3) is 0 Å². The largest absolute Gasteiger partial charge is 0.375 e. The first-order valence-corrected chi connectivity index (χ1v) is 7.85. The predicted molar refractivity (Wildman–Crippen MR) is 88.9 cm³/mol. The Bertz CT molecular complexity index is 778. The van der Waals surface area contributed by atoms with Crippen LogP contribution in [-0.2, 0) is 9.47 Å². The number of tetrazole rings is 1. The van der Waals surface area contributed by atoms with Gasteiger partial charge in [0.2, 0.25) is 0 Å². The molecule has 0 unspecified atom stereocenters. The van der Waals surface area contributed by atoms with Crippen molar-refractivity contribution in [2.45, 2.75) is 24.9 Å². The first-order valence-electron chi connectivity index (χ1n) is 7.44. The number of nitrogens with two attached hydrogens (primary N) is 1. The number of ether oxygens (including phenoxy) is 2. The predicted octanol–water partition coefficient (Wildman–Crippen LogP) is 0.216. The summed E-state index contributed by atoms with van der Waals surface area (Å²) in [6, 6.07) is 9.63. The number of hydrogen-bond acceptors (Lipinski definition) is 7. The van der Waals surface area contributed by atoms with Gasteiger partial charge in [0, 0.05) is 12.0 Å². The van der Waals surface area contributed by atoms with Crippen LogP contribution in [0.5, 0.6) is 0 Å². The molecule has 9 nitrogen and oxygen atoms in total. The minimum atomic E-state index is -0.482. The van der Waals surface area contributed by atoms with Crippen molar-refractivity contribution < 1.29 is 9.47 Å². The molecule has 0 amide bonds. The third-order valence-corrected chi connectivity index (χ3v) is 4.07. The summed E-state index contributed by atoms with van der Waals surface area (Å²) in [4.78, 5) is 0. The van der Waals surface area contributed by atoms with E-state index in [1.807, 2.05) is 30.3 Å². The Morgan fingerprint density at radius 1 is 1.38 bits per heavy atom. The molecule has 0 saturated carbocycles. The van der Waals surface area contributed by atoms with Crippen LogP contribution in [0.1, 0.15) is 12.5 Å². The normalized spacial score (nSPS) is 27.3. The molecule has 124 valence electrons. The van der Waals surface area contributed by atoms with Gasteiger partial charge in [0.1, 0.15) is 6.10 Å². The van der Waals surface area contributed by atoms with Crippen LogP contribution in [0.3, 0.4) is 0 Å². The first kappa shape index (κ1) is 15.1. The Kier molecular flexibility index (Phi) is 3.92. The van der Waals surface area contributed by atoms with Crippen molar-refractivity contribution in [1.29, 1.82) is 0 Å². The zero-order chi connectivity index (χ0) is 16.5. The van der Waals surface area contributed by atoms with Gasteiger partial charge in [-0.25, -0.2) is 4.68 Å². The van der Waals surface area contributed by atoms with E-state index in [0.717, 1.165) is 5.56 Å². The summed E-state index contributed by atoms with van der Waals surface area (Å²) < 4.78 is 13.3. The van der Waals surface area contributed by atoms with Crippen molar-refractivity contribution >= 4 is 23.0 Å². The van der Waals surface area contributed by atoms with Gasteiger partial charge in [-0.1, -0.05) is 30.3 Å². The van der Waals surface area contributed by atoms with E-state index in [2.05, 4.69) is 26.1 Å². The van der Waals surface area contributed by atoms with Crippen molar-refractivity contribution in [3.63, 3.8) is 0 Å². The maximum Gasteiger partial charge on any atom is 0.199 e. The molecule has 1 aromatic carbocycles. The lowest BCUT2D eigenvalue weighted by molar-refractivity contribution is -0.0320. The Balaban J connectivity index is 1.66. The number of rotatable bonds is 3. The van der Waals surface area contributed by atoms with Crippen molar-refractivity contribution in [1.82, 2.24) is 25.6 Å². The van der Waals surface area contributed by atoms with Crippen LogP contribution >= 0.6 is 12.2 Å². The highest BCUT2D eigenvalue weighted by Gasteiger charge is 2.44. The van der Waals surface area contributed by atoms with Crippen LogP contribution in [0.15, 0.2) is 35.4 Å². The Morgan fingerprint density at radius 3 is 3.00 bits per heavy atom. The monoisotopic (exact) mass is 345 g/mol. The fraction of sp³-hybridized carbons (Fsp3) is 0.357. The van der Waals surface area contributed by atoms with E-state index in [1.54, 1.807) is 4.68 Å². The smallest absolute Gasteiger partial charge is 0.199 e. The molecular formula is C14H15N7O2S. The molecule has 10 heteroatoms. The van der Waals surface area contributed by atoms with Gasteiger partial charge in [0.05, 0.1) is 18.4 Å². The molecule has 2 bridgehead atoms. The van der Waals surface area contributed by atoms with Crippen molar-refractivity contribution in [3.8, 4) is 11.4 Å². The highest BCUT2D eigenvalue weighted by Crippen LogP contribution is 2.34. The van der Waals surface area contributed by atoms with E-state index in [-0.39, 0.29) is 17.3 Å². The zero-order valence-corrected chi connectivity index (χ0v) is 13.4. The SMILES string of the molecule is NC(=S)N/N=C1/C[C@H](n2nnnc2-c2ccccc2)[C@@H]2CO[C@@H]1O2. The summed E-state index contributed by atoms with van der Waals surface area (Å²) in [7, 11) is 0. The van der Waals surface area contributed by atoms with Crippen molar-refractivity contribution in [3.05, 3.63) is 30.3 Å². The quantitative estimate of drug-likeness (QED) is 0.600. The molecule has 2 aliphatic rings. The van der Waals surface area contributed by atoms with Gasteiger partial charge in [-0.05, 0) is 22.6 Å². The van der Waals surface area contributed by atoms with Gasteiger partial charge in [-0.15, -0.1) is 5.10 Å². The Morgan fingerprint density at radius 2 is 2.21 bits per heavy atom. The summed E-state index contributed by atoms with van der Waals surface area (Å²) in [6.07, 6.45) is -0.0370. The number of fused-ring (bicyclic) bond motifs is 2. The first-order chi connectivity index (χ1) is 11.7. The molecule has 2 saturated heterocycles. The molecule has 3 heterocycles. The van der Waals surface area contributed by atoms with E-state index < -0.39 is 6.29 Å². The second-order valence-corrected chi connectivity index (χ2v) is 5.94. The van der Waals surface area contributed by atoms with E-state index in [0.29, 0.717) is 24.6 Å². The molecule has 3 N–H and O–H groups in total. The molecule has 2 aliphatic heterocycles. The second kappa shape index (κ2) is 6.23. The number of nitrogens with one attached hydrogen (secondary N) is 1. The number of hydrogen-bond donors (Lipinski definition) is 2. The standard InChI is InChI=1S/C14H15N7O2S/c15-14(24)18-16-9-6-10(11-7-22-13(9)23-11)21-12(17-19-20-21)8-4-2-1-3-5-8/h1-5,10-11,13H,6-7H2,(H3,15,18,24)/b16-9-/t10-,11-,13+/m0/s1. The van der Waals surface area contributed by atoms with E-state index in [4.69, 9.17) is 27.4 Å². The molecule has 3 atom stereocenters. The number of hydrazone groups is 1. The molecule has 24 heavy (non-hydrogen) atoms. The summed E-state index contributed by atoms with van der Waals surface area (Å²) in [5, 5.41) is 16.4. The van der Waals surface area contributed by atoms with Crippen molar-refractivity contribution in [2.24, 2.45) is 10.8 Å². The molecule has 2 aromatic rings. The molecule has 0 radical (unpaired) electrons. The minimum Gasteiger partial charge on any atom is -0.375 e. The van der Waals surface area contributed by atoms with E-state index in [9.17, 15) is 0 Å². The maximum absolute atomic E-state index is 5.88. The number of aromatic nitrogens is 4. The zero-order valence-electron chi connectivity index (χ0n) is 12.6. The lowest BCUT2D eigenvalue weighted by Gasteiger charge is -2.28. The second-order valence-electron chi connectivity index (χ2n) is 5.50. The number of thiocarbonyl (C=S) groups is 1. The number of benzene rings is 1. The van der Waals surface area contributed by atoms with Crippen LogP contribution in [0.25, 0.3) is 11.4 Å². The van der Waals surface area contributed by atoms with Crippen LogP contribution in [0, 0.1) is 0 Å². The molecule has 0 aliphatic carbocycles. The lowest BCUT2D eigenvalue weighted by Crippen LogP contribution is -2.39. The average Bonchev–Trinajstić information content (AvgIpc) is 3.23. The summed E-state index contributed by atoms with van der Waals surface area (Å²) >= 11 is 4.78. The summed E-state index contributed by atoms with van der Waals surface area (Å²) in [5.74, 6) is 0.677. The third kappa shape index (κ3) is 2.75. The maximum atomic E-state index is 5.88.